The van der Waals surface area contributed by atoms with Gasteiger partial charge in [-0.1, -0.05) is 41.0 Å². The molecule has 0 saturated carbocycles. The molecule has 0 bridgehead atoms. The SMILES string of the molecule is CCOCc1cc(Cl)ccc1-c1ccccc1S(=O)(=O)Nc1noc(C)c1C. The van der Waals surface area contributed by atoms with Gasteiger partial charge in [0.1, 0.15) is 5.76 Å². The first kappa shape index (κ1) is 20.4. The molecule has 2 aromatic carbocycles. The smallest absolute Gasteiger partial charge is 0.263 e. The van der Waals surface area contributed by atoms with E-state index in [4.69, 9.17) is 20.9 Å². The van der Waals surface area contributed by atoms with Gasteiger partial charge in [-0.3, -0.25) is 4.72 Å². The molecule has 0 spiro atoms. The molecule has 148 valence electrons. The Morgan fingerprint density at radius 2 is 1.89 bits per heavy atom. The van der Waals surface area contributed by atoms with Crippen LogP contribution < -0.4 is 4.72 Å². The number of benzene rings is 2. The van der Waals surface area contributed by atoms with Crippen LogP contribution in [0, 0.1) is 13.8 Å². The molecular weight excluding hydrogens is 400 g/mol. The zero-order valence-electron chi connectivity index (χ0n) is 15.8. The van der Waals surface area contributed by atoms with E-state index in [0.717, 1.165) is 11.1 Å². The van der Waals surface area contributed by atoms with Crippen LogP contribution in [0.4, 0.5) is 5.82 Å². The molecule has 28 heavy (non-hydrogen) atoms. The molecule has 0 aliphatic rings. The van der Waals surface area contributed by atoms with E-state index in [1.165, 1.54) is 0 Å². The number of ether oxygens (including phenoxy) is 1. The standard InChI is InChI=1S/C20H21ClN2O4S/c1-4-26-12-15-11-16(21)9-10-17(15)18-7-5-6-8-19(18)28(24,25)23-20-13(2)14(3)27-22-20/h5-11H,4,12H2,1-3H3,(H,22,23). The van der Waals surface area contributed by atoms with Crippen molar-refractivity contribution in [2.75, 3.05) is 11.3 Å². The van der Waals surface area contributed by atoms with Gasteiger partial charge in [0.25, 0.3) is 10.0 Å². The van der Waals surface area contributed by atoms with Crippen LogP contribution in [0.3, 0.4) is 0 Å². The van der Waals surface area contributed by atoms with Crippen LogP contribution in [0.2, 0.25) is 5.02 Å². The number of aryl methyl sites for hydroxylation is 1. The maximum Gasteiger partial charge on any atom is 0.263 e. The van der Waals surface area contributed by atoms with Crippen molar-refractivity contribution in [2.24, 2.45) is 0 Å². The fraction of sp³-hybridized carbons (Fsp3) is 0.250. The third kappa shape index (κ3) is 4.22. The molecule has 0 saturated heterocycles. The zero-order chi connectivity index (χ0) is 20.3. The summed E-state index contributed by atoms with van der Waals surface area (Å²) in [5, 5.41) is 4.36. The summed E-state index contributed by atoms with van der Waals surface area (Å²) >= 11 is 6.14. The Balaban J connectivity index is 2.08. The summed E-state index contributed by atoms with van der Waals surface area (Å²) in [6.45, 7) is 6.24. The predicted molar refractivity (Wildman–Crippen MR) is 109 cm³/mol. The molecular formula is C20H21ClN2O4S. The molecule has 0 fully saturated rings. The lowest BCUT2D eigenvalue weighted by atomic mass is 10.00. The number of rotatable bonds is 7. The molecule has 3 aromatic rings. The summed E-state index contributed by atoms with van der Waals surface area (Å²) in [6.07, 6.45) is 0. The molecule has 0 unspecified atom stereocenters. The summed E-state index contributed by atoms with van der Waals surface area (Å²) in [6, 6.07) is 12.1. The predicted octanol–water partition coefficient (Wildman–Crippen LogP) is 4.95. The highest BCUT2D eigenvalue weighted by Crippen LogP contribution is 2.33. The maximum atomic E-state index is 13.1. The third-order valence-corrected chi connectivity index (χ3v) is 6.02. The van der Waals surface area contributed by atoms with Crippen LogP contribution in [0.5, 0.6) is 0 Å². The Hall–Kier alpha value is -2.35. The van der Waals surface area contributed by atoms with Crippen LogP contribution >= 0.6 is 11.6 Å². The molecule has 1 N–H and O–H groups in total. The van der Waals surface area contributed by atoms with E-state index < -0.39 is 10.0 Å². The van der Waals surface area contributed by atoms with Crippen molar-refractivity contribution in [1.29, 1.82) is 0 Å². The van der Waals surface area contributed by atoms with Crippen molar-refractivity contribution in [1.82, 2.24) is 5.16 Å². The largest absolute Gasteiger partial charge is 0.377 e. The Bertz CT molecular complexity index is 1090. The normalized spacial score (nSPS) is 11.6. The number of halogens is 1. The number of aromatic nitrogens is 1. The first-order valence-corrected chi connectivity index (χ1v) is 10.6. The fourth-order valence-corrected chi connectivity index (χ4v) is 4.25. The molecule has 6 nitrogen and oxygen atoms in total. The van der Waals surface area contributed by atoms with Crippen LogP contribution in [-0.2, 0) is 21.4 Å². The van der Waals surface area contributed by atoms with Gasteiger partial charge in [0, 0.05) is 22.8 Å². The van der Waals surface area contributed by atoms with Gasteiger partial charge in [-0.2, -0.15) is 0 Å². The summed E-state index contributed by atoms with van der Waals surface area (Å²) in [4.78, 5) is 0.134. The first-order valence-electron chi connectivity index (χ1n) is 8.74. The quantitative estimate of drug-likeness (QED) is 0.584. The van der Waals surface area contributed by atoms with Crippen molar-refractivity contribution in [3.8, 4) is 11.1 Å². The molecule has 1 aromatic heterocycles. The minimum Gasteiger partial charge on any atom is -0.377 e. The van der Waals surface area contributed by atoms with E-state index in [9.17, 15) is 8.42 Å². The van der Waals surface area contributed by atoms with Gasteiger partial charge in [0.2, 0.25) is 0 Å². The van der Waals surface area contributed by atoms with Crippen molar-refractivity contribution in [3.05, 3.63) is 64.4 Å². The van der Waals surface area contributed by atoms with Gasteiger partial charge < -0.3 is 9.26 Å². The topological polar surface area (TPSA) is 81.4 Å². The highest BCUT2D eigenvalue weighted by Gasteiger charge is 2.23. The van der Waals surface area contributed by atoms with Crippen LogP contribution in [0.15, 0.2) is 51.9 Å². The molecule has 0 aliphatic carbocycles. The van der Waals surface area contributed by atoms with Gasteiger partial charge in [0.15, 0.2) is 5.82 Å². The Morgan fingerprint density at radius 1 is 1.14 bits per heavy atom. The lowest BCUT2D eigenvalue weighted by molar-refractivity contribution is 0.134. The molecule has 3 rings (SSSR count). The van der Waals surface area contributed by atoms with Crippen LogP contribution in [0.25, 0.3) is 11.1 Å². The van der Waals surface area contributed by atoms with Gasteiger partial charge in [-0.25, -0.2) is 8.42 Å². The number of nitrogens with zero attached hydrogens (tertiary/aromatic N) is 1. The average Bonchev–Trinajstić information content (AvgIpc) is 2.98. The molecule has 8 heteroatoms. The van der Waals surface area contributed by atoms with E-state index in [-0.39, 0.29) is 10.7 Å². The lowest BCUT2D eigenvalue weighted by Crippen LogP contribution is -2.15. The number of hydrogen-bond donors (Lipinski definition) is 1. The second-order valence-electron chi connectivity index (χ2n) is 6.25. The van der Waals surface area contributed by atoms with E-state index in [1.807, 2.05) is 6.92 Å². The van der Waals surface area contributed by atoms with Gasteiger partial charge in [0.05, 0.1) is 11.5 Å². The van der Waals surface area contributed by atoms with Crippen LogP contribution in [-0.4, -0.2) is 20.2 Å². The summed E-state index contributed by atoms with van der Waals surface area (Å²) in [5.41, 5.74) is 2.75. The second kappa shape index (κ2) is 8.34. The molecule has 0 aliphatic heterocycles. The molecule has 0 radical (unpaired) electrons. The monoisotopic (exact) mass is 420 g/mol. The van der Waals surface area contributed by atoms with Crippen molar-refractivity contribution >= 4 is 27.4 Å². The maximum absolute atomic E-state index is 13.1. The summed E-state index contributed by atoms with van der Waals surface area (Å²) in [7, 11) is -3.89. The highest BCUT2D eigenvalue weighted by atomic mass is 35.5. The van der Waals surface area contributed by atoms with Gasteiger partial charge in [-0.15, -0.1) is 0 Å². The van der Waals surface area contributed by atoms with E-state index in [1.54, 1.807) is 56.3 Å². The summed E-state index contributed by atoms with van der Waals surface area (Å²) < 4.78 is 39.3. The molecule has 0 amide bonds. The van der Waals surface area contributed by atoms with E-state index in [0.29, 0.717) is 35.1 Å². The Kier molecular flexibility index (Phi) is 6.07. The number of nitrogens with one attached hydrogen (secondary N) is 1. The average molecular weight is 421 g/mol. The number of sulfonamides is 1. The van der Waals surface area contributed by atoms with Crippen LogP contribution in [0.1, 0.15) is 23.8 Å². The van der Waals surface area contributed by atoms with Crippen molar-refractivity contribution in [2.45, 2.75) is 32.3 Å². The number of anilines is 1. The Labute approximate surface area is 169 Å². The van der Waals surface area contributed by atoms with Gasteiger partial charge in [-0.05, 0) is 50.1 Å². The fourth-order valence-electron chi connectivity index (χ4n) is 2.78. The zero-order valence-corrected chi connectivity index (χ0v) is 17.4. The third-order valence-electron chi connectivity index (χ3n) is 4.38. The number of hydrogen-bond acceptors (Lipinski definition) is 5. The summed E-state index contributed by atoms with van der Waals surface area (Å²) in [5.74, 6) is 0.737. The minimum absolute atomic E-state index is 0.134. The minimum atomic E-state index is -3.89. The van der Waals surface area contributed by atoms with Crippen molar-refractivity contribution in [3.63, 3.8) is 0 Å². The lowest BCUT2D eigenvalue weighted by Gasteiger charge is -2.15. The van der Waals surface area contributed by atoms with Crippen molar-refractivity contribution < 1.29 is 17.7 Å². The molecule has 1 heterocycles. The van der Waals surface area contributed by atoms with E-state index in [2.05, 4.69) is 9.88 Å². The van der Waals surface area contributed by atoms with E-state index >= 15 is 0 Å². The second-order valence-corrected chi connectivity index (χ2v) is 8.34. The first-order chi connectivity index (χ1) is 13.3. The molecule has 0 atom stereocenters. The van der Waals surface area contributed by atoms with Gasteiger partial charge >= 0.3 is 0 Å². The Morgan fingerprint density at radius 3 is 2.57 bits per heavy atom. The highest BCUT2D eigenvalue weighted by molar-refractivity contribution is 7.92.